The van der Waals surface area contributed by atoms with Gasteiger partial charge < -0.3 is 16.0 Å². The Morgan fingerprint density at radius 2 is 2.06 bits per heavy atom. The maximum atomic E-state index is 7.97. The average molecular weight is 444 g/mol. The molecule has 1 aliphatic rings. The van der Waals surface area contributed by atoms with Crippen LogP contribution in [0.3, 0.4) is 0 Å². The van der Waals surface area contributed by atoms with Crippen LogP contribution in [0.15, 0.2) is 48.4 Å². The zero-order valence-corrected chi connectivity index (χ0v) is 18.4. The van der Waals surface area contributed by atoms with Gasteiger partial charge in [-0.3, -0.25) is 4.57 Å². The molecule has 4 heterocycles. The Hall–Kier alpha value is -3.92. The van der Waals surface area contributed by atoms with Crippen molar-refractivity contribution in [1.82, 2.24) is 29.7 Å². The van der Waals surface area contributed by atoms with E-state index in [0.29, 0.717) is 27.9 Å². The molecule has 0 fully saturated rings. The number of rotatable bonds is 5. The topological polar surface area (TPSA) is 122 Å². The number of hydrogen-bond acceptors (Lipinski definition) is 9. The van der Waals surface area contributed by atoms with Gasteiger partial charge in [-0.05, 0) is 25.5 Å². The molecule has 1 unspecified atom stereocenters. The summed E-state index contributed by atoms with van der Waals surface area (Å²) in [6.45, 7) is 4.17. The van der Waals surface area contributed by atoms with E-state index in [0.717, 1.165) is 23.6 Å². The van der Waals surface area contributed by atoms with Crippen LogP contribution in [0.5, 0.6) is 0 Å². The number of benzene rings is 1. The molecule has 0 spiro atoms. The molecule has 32 heavy (non-hydrogen) atoms. The summed E-state index contributed by atoms with van der Waals surface area (Å²) in [6.07, 6.45) is 7.08. The molecule has 3 N–H and O–H groups in total. The first-order valence-corrected chi connectivity index (χ1v) is 11.0. The first-order valence-electron chi connectivity index (χ1n) is 10.2. The fraction of sp³-hybridized carbons (Fsp3) is 0.182. The lowest BCUT2D eigenvalue weighted by Crippen LogP contribution is -2.32. The highest BCUT2D eigenvalue weighted by atomic mass is 32.1. The molecule has 0 radical (unpaired) electrons. The number of aryl methyl sites for hydroxylation is 1. The molecule has 10 heteroatoms. The Bertz CT molecular complexity index is 1310. The first-order chi connectivity index (χ1) is 15.6. The molecular weight excluding hydrogens is 422 g/mol. The number of anilines is 2. The van der Waals surface area contributed by atoms with Crippen LogP contribution >= 0.6 is 11.3 Å². The normalized spacial score (nSPS) is 15.7. The Morgan fingerprint density at radius 3 is 2.75 bits per heavy atom. The van der Waals surface area contributed by atoms with Gasteiger partial charge in [0.15, 0.2) is 17.5 Å². The molecule has 1 aromatic carbocycles. The van der Waals surface area contributed by atoms with Crippen LogP contribution in [0.25, 0.3) is 17.0 Å². The van der Waals surface area contributed by atoms with Gasteiger partial charge in [0.25, 0.3) is 0 Å². The van der Waals surface area contributed by atoms with E-state index >= 15 is 0 Å². The standard InChI is InChI=1S/C22H21N9S/c1-3-16-21-29-27-12-30(21)17-11-26-19(15(10-23)18(24)22-25-8-9-32-22)28-20(17)31(16)14-6-4-13(2)5-7-14/h4-12,16,23H,3,24H2,1-2H3/b18-15+,23-10?. The van der Waals surface area contributed by atoms with Gasteiger partial charge >= 0.3 is 0 Å². The molecule has 3 aromatic heterocycles. The van der Waals surface area contributed by atoms with Crippen LogP contribution in [0.2, 0.25) is 0 Å². The van der Waals surface area contributed by atoms with Crippen LogP contribution in [0.1, 0.15) is 41.6 Å². The van der Waals surface area contributed by atoms with Crippen LogP contribution < -0.4 is 10.6 Å². The van der Waals surface area contributed by atoms with Gasteiger partial charge in [0.2, 0.25) is 0 Å². The number of fused-ring (bicyclic) bond motifs is 3. The van der Waals surface area contributed by atoms with Crippen molar-refractivity contribution in [2.75, 3.05) is 4.90 Å². The second-order valence-electron chi connectivity index (χ2n) is 7.40. The fourth-order valence-corrected chi connectivity index (χ4v) is 4.48. The van der Waals surface area contributed by atoms with Gasteiger partial charge in [-0.2, -0.15) is 0 Å². The number of allylic oxidation sites excluding steroid dienone is 1. The highest BCUT2D eigenvalue weighted by molar-refractivity contribution is 7.10. The smallest absolute Gasteiger partial charge is 0.165 e. The van der Waals surface area contributed by atoms with Crippen molar-refractivity contribution in [3.05, 3.63) is 70.6 Å². The highest BCUT2D eigenvalue weighted by Gasteiger charge is 2.35. The fourth-order valence-electron chi connectivity index (χ4n) is 3.87. The average Bonchev–Trinajstić information content (AvgIpc) is 3.52. The lowest BCUT2D eigenvalue weighted by atomic mass is 10.1. The third-order valence-electron chi connectivity index (χ3n) is 5.46. The van der Waals surface area contributed by atoms with Crippen LogP contribution in [0, 0.1) is 12.3 Å². The Balaban J connectivity index is 1.73. The van der Waals surface area contributed by atoms with Crippen LogP contribution in [-0.4, -0.2) is 35.9 Å². The molecule has 0 amide bonds. The number of aromatic nitrogens is 6. The number of nitrogens with zero attached hydrogens (tertiary/aromatic N) is 7. The lowest BCUT2D eigenvalue weighted by Gasteiger charge is -2.37. The molecule has 1 atom stereocenters. The summed E-state index contributed by atoms with van der Waals surface area (Å²) in [5.41, 5.74) is 10.1. The molecular formula is C22H21N9S. The van der Waals surface area contributed by atoms with E-state index in [1.54, 1.807) is 18.7 Å². The van der Waals surface area contributed by atoms with Crippen molar-refractivity contribution in [3.8, 4) is 5.69 Å². The van der Waals surface area contributed by atoms with E-state index in [1.807, 2.05) is 9.95 Å². The monoisotopic (exact) mass is 443 g/mol. The summed E-state index contributed by atoms with van der Waals surface area (Å²) in [7, 11) is 0. The van der Waals surface area contributed by atoms with Gasteiger partial charge in [-0.15, -0.1) is 21.5 Å². The largest absolute Gasteiger partial charge is 0.396 e. The van der Waals surface area contributed by atoms with Crippen molar-refractivity contribution in [2.24, 2.45) is 5.73 Å². The minimum atomic E-state index is -0.0563. The zero-order valence-electron chi connectivity index (χ0n) is 17.6. The van der Waals surface area contributed by atoms with E-state index in [2.05, 4.69) is 63.2 Å². The van der Waals surface area contributed by atoms with Gasteiger partial charge in [0.05, 0.1) is 23.5 Å². The summed E-state index contributed by atoms with van der Waals surface area (Å²) in [6, 6.07) is 8.25. The number of hydrogen-bond donors (Lipinski definition) is 2. The highest BCUT2D eigenvalue weighted by Crippen LogP contribution is 2.43. The van der Waals surface area contributed by atoms with Crippen molar-refractivity contribution in [1.29, 1.82) is 5.41 Å². The summed E-state index contributed by atoms with van der Waals surface area (Å²) >= 11 is 1.41. The van der Waals surface area contributed by atoms with E-state index in [-0.39, 0.29) is 6.04 Å². The molecule has 0 bridgehead atoms. The third kappa shape index (κ3) is 3.16. The predicted octanol–water partition coefficient (Wildman–Crippen LogP) is 3.90. The number of nitrogens with two attached hydrogens (primary N) is 1. The van der Waals surface area contributed by atoms with Gasteiger partial charge in [0, 0.05) is 23.5 Å². The van der Waals surface area contributed by atoms with Crippen molar-refractivity contribution in [2.45, 2.75) is 26.3 Å². The molecule has 0 saturated carbocycles. The van der Waals surface area contributed by atoms with Crippen LogP contribution in [-0.2, 0) is 0 Å². The summed E-state index contributed by atoms with van der Waals surface area (Å²) in [4.78, 5) is 15.9. The minimum Gasteiger partial charge on any atom is -0.396 e. The van der Waals surface area contributed by atoms with Gasteiger partial charge in [-0.25, -0.2) is 15.0 Å². The minimum absolute atomic E-state index is 0.0563. The third-order valence-corrected chi connectivity index (χ3v) is 6.26. The Labute approximate surface area is 188 Å². The second-order valence-corrected chi connectivity index (χ2v) is 8.29. The molecule has 160 valence electrons. The SMILES string of the molecule is CCC1c2nncn2-c2cnc(/C(C=N)=C(/N)c3nccs3)nc2N1c1ccc(C)cc1. The Kier molecular flexibility index (Phi) is 4.98. The van der Waals surface area contributed by atoms with Crippen LogP contribution in [0.4, 0.5) is 11.5 Å². The number of thiazole rings is 1. The maximum Gasteiger partial charge on any atom is 0.165 e. The van der Waals surface area contributed by atoms with E-state index < -0.39 is 0 Å². The van der Waals surface area contributed by atoms with E-state index in [1.165, 1.54) is 23.1 Å². The Morgan fingerprint density at radius 1 is 1.25 bits per heavy atom. The predicted molar refractivity (Wildman–Crippen MR) is 125 cm³/mol. The van der Waals surface area contributed by atoms with Gasteiger partial charge in [0.1, 0.15) is 17.0 Å². The van der Waals surface area contributed by atoms with Crippen molar-refractivity contribution in [3.63, 3.8) is 0 Å². The molecule has 1 aliphatic heterocycles. The second kappa shape index (κ2) is 7.97. The summed E-state index contributed by atoms with van der Waals surface area (Å²) in [5.74, 6) is 1.92. The molecule has 4 aromatic rings. The number of nitrogens with one attached hydrogen (secondary N) is 1. The quantitative estimate of drug-likeness (QED) is 0.448. The van der Waals surface area contributed by atoms with E-state index in [9.17, 15) is 0 Å². The first kappa shape index (κ1) is 20.0. The molecule has 0 saturated heterocycles. The van der Waals surface area contributed by atoms with Crippen molar-refractivity contribution < 1.29 is 0 Å². The van der Waals surface area contributed by atoms with Gasteiger partial charge in [-0.1, -0.05) is 24.6 Å². The summed E-state index contributed by atoms with van der Waals surface area (Å²) < 4.78 is 1.93. The molecule has 5 rings (SSSR count). The lowest BCUT2D eigenvalue weighted by molar-refractivity contribution is 0.589. The molecule has 0 aliphatic carbocycles. The maximum absolute atomic E-state index is 7.97. The van der Waals surface area contributed by atoms with E-state index in [4.69, 9.17) is 16.1 Å². The molecule has 9 nitrogen and oxygen atoms in total. The summed E-state index contributed by atoms with van der Waals surface area (Å²) in [5, 5.41) is 19.0. The zero-order chi connectivity index (χ0) is 22.2. The van der Waals surface area contributed by atoms with Crippen molar-refractivity contribution >= 4 is 40.3 Å².